The van der Waals surface area contributed by atoms with Crippen molar-refractivity contribution in [2.24, 2.45) is 4.99 Å². The van der Waals surface area contributed by atoms with Crippen LogP contribution in [0.3, 0.4) is 0 Å². The van der Waals surface area contributed by atoms with Gasteiger partial charge in [0.15, 0.2) is 5.70 Å². The predicted molar refractivity (Wildman–Crippen MR) is 146 cm³/mol. The topological polar surface area (TPSA) is 151 Å². The molecule has 11 nitrogen and oxygen atoms in total. The number of nitrogens with zero attached hydrogens (tertiary/aromatic N) is 3. The molecule has 0 unspecified atom stereocenters. The van der Waals surface area contributed by atoms with Crippen LogP contribution in [0.15, 0.2) is 75.8 Å². The number of carbonyl (C=O) groups excluding carboxylic acids is 2. The highest BCUT2D eigenvalue weighted by atomic mass is 79.9. The lowest BCUT2D eigenvalue weighted by Gasteiger charge is -2.08. The average Bonchev–Trinajstić information content (AvgIpc) is 3.44. The minimum Gasteiger partial charge on any atom is -0.422 e. The molecule has 194 valence electrons. The average molecular weight is 629 g/mol. The summed E-state index contributed by atoms with van der Waals surface area (Å²) in [5, 5.41) is 22.7. The second kappa shape index (κ2) is 10.4. The third-order valence-electron chi connectivity index (χ3n) is 5.42. The van der Waals surface area contributed by atoms with E-state index in [9.17, 15) is 29.8 Å². The van der Waals surface area contributed by atoms with Gasteiger partial charge in [0.2, 0.25) is 5.90 Å². The number of rotatable bonds is 6. The number of thiophene rings is 1. The maximum Gasteiger partial charge on any atom is 0.363 e. The van der Waals surface area contributed by atoms with Gasteiger partial charge in [0.25, 0.3) is 11.4 Å². The molecule has 0 N–H and O–H groups in total. The van der Waals surface area contributed by atoms with Crippen LogP contribution in [0.25, 0.3) is 16.2 Å². The molecule has 4 aromatic rings. The Labute approximate surface area is 235 Å². The molecule has 0 bridgehead atoms. The Morgan fingerprint density at radius 2 is 1.72 bits per heavy atom. The van der Waals surface area contributed by atoms with E-state index in [4.69, 9.17) is 21.1 Å². The summed E-state index contributed by atoms with van der Waals surface area (Å²) < 4.78 is 12.0. The summed E-state index contributed by atoms with van der Waals surface area (Å²) in [5.41, 5.74) is 0.0154. The van der Waals surface area contributed by atoms with Crippen LogP contribution < -0.4 is 4.74 Å². The Bertz CT molecular complexity index is 1780. The van der Waals surface area contributed by atoms with Crippen LogP contribution in [-0.2, 0) is 9.53 Å². The molecule has 39 heavy (non-hydrogen) atoms. The summed E-state index contributed by atoms with van der Waals surface area (Å²) in [4.78, 5) is 50.8. The molecule has 5 rings (SSSR count). The van der Waals surface area contributed by atoms with Crippen LogP contribution >= 0.6 is 38.9 Å². The van der Waals surface area contributed by atoms with Gasteiger partial charge in [0, 0.05) is 44.4 Å². The lowest BCUT2D eigenvalue weighted by atomic mass is 10.1. The molecule has 1 aliphatic rings. The van der Waals surface area contributed by atoms with Gasteiger partial charge in [0.1, 0.15) is 10.6 Å². The lowest BCUT2D eigenvalue weighted by molar-refractivity contribution is -0.385. The van der Waals surface area contributed by atoms with Gasteiger partial charge in [-0.3, -0.25) is 20.2 Å². The van der Waals surface area contributed by atoms with Gasteiger partial charge in [-0.2, -0.15) is 0 Å². The monoisotopic (exact) mass is 627 g/mol. The summed E-state index contributed by atoms with van der Waals surface area (Å²) in [5.74, 6) is -1.52. The number of cyclic esters (lactones) is 1. The Balaban J connectivity index is 1.46. The van der Waals surface area contributed by atoms with Crippen molar-refractivity contribution in [1.29, 1.82) is 0 Å². The molecule has 0 saturated carbocycles. The highest BCUT2D eigenvalue weighted by Crippen LogP contribution is 2.39. The molecule has 0 atom stereocenters. The predicted octanol–water partition coefficient (Wildman–Crippen LogP) is 6.70. The minimum absolute atomic E-state index is 0.0699. The molecular formula is C25H11BrClN3O8S. The zero-order valence-corrected chi connectivity index (χ0v) is 22.3. The first-order valence-corrected chi connectivity index (χ1v) is 12.7. The lowest BCUT2D eigenvalue weighted by Crippen LogP contribution is -2.09. The summed E-state index contributed by atoms with van der Waals surface area (Å²) in [6.07, 6.45) is 1.37. The maximum atomic E-state index is 12.7. The minimum atomic E-state index is -0.780. The number of aliphatic imine (C=N–C) groups is 1. The number of fused-ring (bicyclic) bond motifs is 1. The number of ether oxygens (including phenoxy) is 2. The van der Waals surface area contributed by atoms with Gasteiger partial charge in [-0.15, -0.1) is 11.3 Å². The van der Waals surface area contributed by atoms with E-state index in [1.54, 1.807) is 12.1 Å². The first-order chi connectivity index (χ1) is 18.6. The molecule has 0 amide bonds. The third kappa shape index (κ3) is 5.27. The zero-order chi connectivity index (χ0) is 27.8. The third-order valence-corrected chi connectivity index (χ3v) is 7.56. The van der Waals surface area contributed by atoms with Crippen molar-refractivity contribution in [3.8, 4) is 5.75 Å². The van der Waals surface area contributed by atoms with Gasteiger partial charge in [0.05, 0.1) is 20.4 Å². The van der Waals surface area contributed by atoms with E-state index in [1.165, 1.54) is 54.6 Å². The van der Waals surface area contributed by atoms with Crippen molar-refractivity contribution in [2.45, 2.75) is 0 Å². The van der Waals surface area contributed by atoms with Gasteiger partial charge >= 0.3 is 11.9 Å². The number of esters is 2. The Morgan fingerprint density at radius 1 is 1.03 bits per heavy atom. The van der Waals surface area contributed by atoms with Crippen LogP contribution in [0.2, 0.25) is 5.02 Å². The summed E-state index contributed by atoms with van der Waals surface area (Å²) in [6.45, 7) is 0. The number of non-ortho nitro benzene ring substituents is 2. The number of halogens is 2. The van der Waals surface area contributed by atoms with Crippen molar-refractivity contribution < 1.29 is 28.9 Å². The highest BCUT2D eigenvalue weighted by Gasteiger charge is 2.29. The van der Waals surface area contributed by atoms with Crippen LogP contribution in [-0.4, -0.2) is 27.7 Å². The Kier molecular flexibility index (Phi) is 6.95. The fraction of sp³-hybridized carbons (Fsp3) is 0. The van der Waals surface area contributed by atoms with Crippen molar-refractivity contribution >= 4 is 84.2 Å². The Morgan fingerprint density at radius 3 is 2.41 bits per heavy atom. The van der Waals surface area contributed by atoms with Crippen LogP contribution in [0.4, 0.5) is 11.4 Å². The van der Waals surface area contributed by atoms with Gasteiger partial charge < -0.3 is 9.47 Å². The number of benzene rings is 3. The van der Waals surface area contributed by atoms with Gasteiger partial charge in [-0.1, -0.05) is 27.5 Å². The highest BCUT2D eigenvalue weighted by molar-refractivity contribution is 9.10. The molecule has 2 heterocycles. The molecule has 0 radical (unpaired) electrons. The molecule has 0 aliphatic carbocycles. The molecule has 1 aromatic heterocycles. The first kappa shape index (κ1) is 26.2. The van der Waals surface area contributed by atoms with Crippen molar-refractivity contribution in [1.82, 2.24) is 0 Å². The summed E-state index contributed by atoms with van der Waals surface area (Å²) in [7, 11) is 0. The fourth-order valence-corrected chi connectivity index (χ4v) is 5.41. The van der Waals surface area contributed by atoms with Crippen molar-refractivity contribution in [3.63, 3.8) is 0 Å². The van der Waals surface area contributed by atoms with Crippen LogP contribution in [0, 0.1) is 20.2 Å². The number of nitro benzene ring substituents is 2. The maximum absolute atomic E-state index is 12.7. The summed E-state index contributed by atoms with van der Waals surface area (Å²) in [6, 6.07) is 13.8. The van der Waals surface area contributed by atoms with Crippen molar-refractivity contribution in [3.05, 3.63) is 112 Å². The number of hydrogen-bond donors (Lipinski definition) is 0. The van der Waals surface area contributed by atoms with E-state index < -0.39 is 21.8 Å². The van der Waals surface area contributed by atoms with Crippen molar-refractivity contribution in [2.75, 3.05) is 0 Å². The van der Waals surface area contributed by atoms with Crippen LogP contribution in [0.5, 0.6) is 5.75 Å². The number of hydrogen-bond acceptors (Lipinski definition) is 10. The number of nitro groups is 2. The molecule has 0 saturated heterocycles. The van der Waals surface area contributed by atoms with Crippen LogP contribution in [0.1, 0.15) is 20.8 Å². The van der Waals surface area contributed by atoms with E-state index >= 15 is 0 Å². The summed E-state index contributed by atoms with van der Waals surface area (Å²) >= 11 is 10.9. The quantitative estimate of drug-likeness (QED) is 0.0752. The van der Waals surface area contributed by atoms with E-state index in [0.717, 1.165) is 11.3 Å². The first-order valence-electron chi connectivity index (χ1n) is 10.8. The number of carbonyl (C=O) groups is 2. The molecule has 14 heteroatoms. The van der Waals surface area contributed by atoms with E-state index in [-0.39, 0.29) is 39.3 Å². The largest absolute Gasteiger partial charge is 0.422 e. The SMILES string of the molecule is O=C1OC(c2sc3cc([N+](=O)[O-])ccc3c2Cl)=N/C1=C/c1cc(Br)ccc1OC(=O)c1ccc([N+](=O)[O-])cc1. The zero-order valence-electron chi connectivity index (χ0n) is 19.1. The molecule has 3 aromatic carbocycles. The molecular weight excluding hydrogens is 618 g/mol. The van der Waals surface area contributed by atoms with E-state index in [0.29, 0.717) is 25.0 Å². The smallest absolute Gasteiger partial charge is 0.363 e. The fourth-order valence-electron chi connectivity index (χ4n) is 3.56. The van der Waals surface area contributed by atoms with E-state index in [2.05, 4.69) is 20.9 Å². The second-order valence-corrected chi connectivity index (χ2v) is 10.2. The van der Waals surface area contributed by atoms with E-state index in [1.807, 2.05) is 0 Å². The molecule has 1 aliphatic heterocycles. The Hall–Kier alpha value is -4.46. The van der Waals surface area contributed by atoms with Gasteiger partial charge in [-0.25, -0.2) is 14.6 Å². The molecule has 0 fully saturated rings. The normalized spacial score (nSPS) is 13.8. The van der Waals surface area contributed by atoms with Gasteiger partial charge in [-0.05, 0) is 42.5 Å². The molecule has 0 spiro atoms. The second-order valence-electron chi connectivity index (χ2n) is 7.89. The standard InChI is InChI=1S/C25H11BrClN3O8S/c26-14-3-8-19(37-24(31)12-1-4-15(5-2-12)29(33)34)13(9-14)10-18-25(32)38-23(28-18)22-21(27)17-7-6-16(30(35)36)11-20(17)39-22/h1-11H/b18-10+.